The second-order valence-corrected chi connectivity index (χ2v) is 5.63. The summed E-state index contributed by atoms with van der Waals surface area (Å²) in [7, 11) is 1.77. The Morgan fingerprint density at radius 2 is 2.19 bits per heavy atom. The standard InChI is InChI=1S/C13H20N6S.HI/c1-11-10-17-12(20-11)4-6-15-13(14-2)16-7-9-19-8-3-5-18-19;/h3,5,8,10H,4,6-7,9H2,1-2H3,(H2,14,15,16);1H. The van der Waals surface area contributed by atoms with Gasteiger partial charge in [-0.1, -0.05) is 0 Å². The predicted octanol–water partition coefficient (Wildman–Crippen LogP) is 1.67. The summed E-state index contributed by atoms with van der Waals surface area (Å²) in [5.74, 6) is 0.811. The van der Waals surface area contributed by atoms with Crippen LogP contribution in [0, 0.1) is 6.92 Å². The molecule has 0 bridgehead atoms. The highest BCUT2D eigenvalue weighted by Gasteiger charge is 2.00. The molecule has 0 unspecified atom stereocenters. The molecule has 6 nitrogen and oxygen atoms in total. The van der Waals surface area contributed by atoms with Crippen molar-refractivity contribution in [1.29, 1.82) is 0 Å². The van der Waals surface area contributed by atoms with Gasteiger partial charge in [0.05, 0.1) is 11.6 Å². The summed E-state index contributed by atoms with van der Waals surface area (Å²) in [5, 5.41) is 11.9. The van der Waals surface area contributed by atoms with E-state index in [2.05, 4.69) is 32.6 Å². The Labute approximate surface area is 146 Å². The van der Waals surface area contributed by atoms with Crippen molar-refractivity contribution in [1.82, 2.24) is 25.4 Å². The molecule has 8 heteroatoms. The first-order chi connectivity index (χ1) is 9.78. The number of aryl methyl sites for hydroxylation is 1. The number of halogens is 1. The topological polar surface area (TPSA) is 67.1 Å². The zero-order chi connectivity index (χ0) is 14.2. The SMILES string of the molecule is CN=C(NCCc1ncc(C)s1)NCCn1cccn1.I. The van der Waals surface area contributed by atoms with Crippen LogP contribution in [0.1, 0.15) is 9.88 Å². The molecule has 0 spiro atoms. The van der Waals surface area contributed by atoms with E-state index in [4.69, 9.17) is 0 Å². The number of nitrogens with zero attached hydrogens (tertiary/aromatic N) is 4. The molecule has 2 aromatic rings. The van der Waals surface area contributed by atoms with E-state index >= 15 is 0 Å². The zero-order valence-electron chi connectivity index (χ0n) is 12.2. The van der Waals surface area contributed by atoms with Gasteiger partial charge in [0.25, 0.3) is 0 Å². The van der Waals surface area contributed by atoms with Crippen molar-refractivity contribution in [3.8, 4) is 0 Å². The second-order valence-electron chi connectivity index (χ2n) is 4.31. The third kappa shape index (κ3) is 6.42. The van der Waals surface area contributed by atoms with Gasteiger partial charge in [-0.2, -0.15) is 5.10 Å². The van der Waals surface area contributed by atoms with Crippen LogP contribution in [-0.2, 0) is 13.0 Å². The Morgan fingerprint density at radius 1 is 1.38 bits per heavy atom. The fraction of sp³-hybridized carbons (Fsp3) is 0.462. The fourth-order valence-electron chi connectivity index (χ4n) is 1.75. The lowest BCUT2D eigenvalue weighted by Gasteiger charge is -2.11. The molecular formula is C13H21IN6S. The molecule has 2 aromatic heterocycles. The van der Waals surface area contributed by atoms with Crippen LogP contribution < -0.4 is 10.6 Å². The molecule has 0 saturated heterocycles. The fourth-order valence-corrected chi connectivity index (χ4v) is 2.53. The average molecular weight is 420 g/mol. The number of hydrogen-bond acceptors (Lipinski definition) is 4. The Morgan fingerprint density at radius 3 is 2.81 bits per heavy atom. The van der Waals surface area contributed by atoms with Gasteiger partial charge in [0.1, 0.15) is 0 Å². The van der Waals surface area contributed by atoms with Crippen LogP contribution >= 0.6 is 35.3 Å². The molecule has 0 amide bonds. The predicted molar refractivity (Wildman–Crippen MR) is 97.6 cm³/mol. The van der Waals surface area contributed by atoms with E-state index in [1.165, 1.54) is 4.88 Å². The first kappa shape index (κ1) is 17.9. The van der Waals surface area contributed by atoms with E-state index < -0.39 is 0 Å². The number of aromatic nitrogens is 3. The van der Waals surface area contributed by atoms with Crippen LogP contribution in [0.2, 0.25) is 0 Å². The minimum Gasteiger partial charge on any atom is -0.356 e. The third-order valence-corrected chi connectivity index (χ3v) is 3.69. The molecule has 0 saturated carbocycles. The Balaban J connectivity index is 0.00000220. The molecule has 0 aliphatic heterocycles. The van der Waals surface area contributed by atoms with Crippen molar-refractivity contribution in [2.45, 2.75) is 19.9 Å². The van der Waals surface area contributed by atoms with Gasteiger partial charge in [0.2, 0.25) is 0 Å². The summed E-state index contributed by atoms with van der Waals surface area (Å²) in [5.41, 5.74) is 0. The Kier molecular flexibility index (Phi) is 8.28. The molecule has 0 fully saturated rings. The number of thiazole rings is 1. The van der Waals surface area contributed by atoms with Gasteiger partial charge in [-0.25, -0.2) is 4.98 Å². The van der Waals surface area contributed by atoms with Crippen molar-refractivity contribution in [3.05, 3.63) is 34.5 Å². The molecule has 0 radical (unpaired) electrons. The Hall–Kier alpha value is -1.16. The minimum atomic E-state index is 0. The highest BCUT2D eigenvalue weighted by atomic mass is 127. The first-order valence-corrected chi connectivity index (χ1v) is 7.43. The smallest absolute Gasteiger partial charge is 0.191 e. The summed E-state index contributed by atoms with van der Waals surface area (Å²) in [4.78, 5) is 9.78. The van der Waals surface area contributed by atoms with E-state index in [1.54, 1.807) is 24.6 Å². The Bertz CT molecular complexity index is 537. The highest BCUT2D eigenvalue weighted by molar-refractivity contribution is 14.0. The molecule has 0 aliphatic rings. The maximum atomic E-state index is 4.34. The second kappa shape index (κ2) is 9.72. The molecule has 2 heterocycles. The molecule has 116 valence electrons. The van der Waals surface area contributed by atoms with Gasteiger partial charge in [-0.05, 0) is 13.0 Å². The van der Waals surface area contributed by atoms with Crippen LogP contribution in [0.3, 0.4) is 0 Å². The normalized spacial score (nSPS) is 11.0. The maximum Gasteiger partial charge on any atom is 0.191 e. The van der Waals surface area contributed by atoms with E-state index in [0.29, 0.717) is 0 Å². The van der Waals surface area contributed by atoms with Crippen LogP contribution in [0.25, 0.3) is 0 Å². The lowest BCUT2D eigenvalue weighted by atomic mass is 10.4. The monoisotopic (exact) mass is 420 g/mol. The highest BCUT2D eigenvalue weighted by Crippen LogP contribution is 2.10. The van der Waals surface area contributed by atoms with Gasteiger partial charge in [-0.15, -0.1) is 35.3 Å². The van der Waals surface area contributed by atoms with Crippen LogP contribution in [0.15, 0.2) is 29.6 Å². The average Bonchev–Trinajstić information content (AvgIpc) is 3.09. The lowest BCUT2D eigenvalue weighted by molar-refractivity contribution is 0.597. The summed E-state index contributed by atoms with van der Waals surface area (Å²) in [6, 6.07) is 1.92. The number of rotatable bonds is 6. The summed E-state index contributed by atoms with van der Waals surface area (Å²) in [6.45, 7) is 4.51. The largest absolute Gasteiger partial charge is 0.356 e. The van der Waals surface area contributed by atoms with E-state index in [1.807, 2.05) is 23.1 Å². The molecular weight excluding hydrogens is 399 g/mol. The number of aliphatic imine (C=N–C) groups is 1. The van der Waals surface area contributed by atoms with Gasteiger partial charge >= 0.3 is 0 Å². The zero-order valence-corrected chi connectivity index (χ0v) is 15.4. The van der Waals surface area contributed by atoms with Crippen LogP contribution in [-0.4, -0.2) is 40.9 Å². The van der Waals surface area contributed by atoms with Gasteiger partial charge in [0.15, 0.2) is 5.96 Å². The summed E-state index contributed by atoms with van der Waals surface area (Å²) >= 11 is 1.74. The van der Waals surface area contributed by atoms with Crippen molar-refractivity contribution in [2.24, 2.45) is 4.99 Å². The molecule has 0 aromatic carbocycles. The van der Waals surface area contributed by atoms with Gasteiger partial charge in [-0.3, -0.25) is 9.67 Å². The number of guanidine groups is 1. The molecule has 0 atom stereocenters. The molecule has 2 N–H and O–H groups in total. The molecule has 2 rings (SSSR count). The van der Waals surface area contributed by atoms with Gasteiger partial charge in [0, 0.05) is 50.0 Å². The molecule has 21 heavy (non-hydrogen) atoms. The summed E-state index contributed by atoms with van der Waals surface area (Å²) < 4.78 is 1.89. The van der Waals surface area contributed by atoms with E-state index in [-0.39, 0.29) is 24.0 Å². The third-order valence-electron chi connectivity index (χ3n) is 2.72. The van der Waals surface area contributed by atoms with Crippen molar-refractivity contribution in [3.63, 3.8) is 0 Å². The van der Waals surface area contributed by atoms with Crippen molar-refractivity contribution >= 4 is 41.3 Å². The van der Waals surface area contributed by atoms with Crippen molar-refractivity contribution < 1.29 is 0 Å². The quantitative estimate of drug-likeness (QED) is 0.424. The van der Waals surface area contributed by atoms with E-state index in [0.717, 1.165) is 37.0 Å². The molecule has 0 aliphatic carbocycles. The minimum absolute atomic E-state index is 0. The van der Waals surface area contributed by atoms with Gasteiger partial charge < -0.3 is 10.6 Å². The number of nitrogens with one attached hydrogen (secondary N) is 2. The maximum absolute atomic E-state index is 4.34. The van der Waals surface area contributed by atoms with Crippen molar-refractivity contribution in [2.75, 3.05) is 20.1 Å². The van der Waals surface area contributed by atoms with Crippen LogP contribution in [0.4, 0.5) is 0 Å². The first-order valence-electron chi connectivity index (χ1n) is 6.61. The summed E-state index contributed by atoms with van der Waals surface area (Å²) in [6.07, 6.45) is 6.56. The van der Waals surface area contributed by atoms with E-state index in [9.17, 15) is 0 Å². The number of hydrogen-bond donors (Lipinski definition) is 2. The lowest BCUT2D eigenvalue weighted by Crippen LogP contribution is -2.39. The van der Waals surface area contributed by atoms with Crippen LogP contribution in [0.5, 0.6) is 0 Å².